The molecule has 0 bridgehead atoms. The molecule has 0 radical (unpaired) electrons. The highest BCUT2D eigenvalue weighted by Crippen LogP contribution is 2.20. The molecule has 4 heteroatoms. The predicted octanol–water partition coefficient (Wildman–Crippen LogP) is 2.70. The van der Waals surface area contributed by atoms with Gasteiger partial charge in [-0.2, -0.15) is 0 Å². The molecule has 0 saturated carbocycles. The van der Waals surface area contributed by atoms with Gasteiger partial charge < -0.3 is 10.6 Å². The first kappa shape index (κ1) is 13.2. The number of halogens is 1. The van der Waals surface area contributed by atoms with Crippen molar-refractivity contribution >= 4 is 27.5 Å². The summed E-state index contributed by atoms with van der Waals surface area (Å²) in [6.45, 7) is 5.65. The molecule has 0 aliphatic carbocycles. The summed E-state index contributed by atoms with van der Waals surface area (Å²) >= 11 is 3.44. The Bertz CT molecular complexity index is 366. The van der Waals surface area contributed by atoms with Gasteiger partial charge in [-0.25, -0.2) is 0 Å². The summed E-state index contributed by atoms with van der Waals surface area (Å²) in [5, 5.41) is 5.98. The van der Waals surface area contributed by atoms with Gasteiger partial charge >= 0.3 is 0 Å². The van der Waals surface area contributed by atoms with Gasteiger partial charge in [0, 0.05) is 23.1 Å². The Labute approximate surface area is 105 Å². The van der Waals surface area contributed by atoms with Crippen LogP contribution >= 0.6 is 15.9 Å². The van der Waals surface area contributed by atoms with Crippen molar-refractivity contribution in [3.05, 3.63) is 28.2 Å². The number of anilines is 1. The van der Waals surface area contributed by atoms with E-state index in [-0.39, 0.29) is 5.91 Å². The summed E-state index contributed by atoms with van der Waals surface area (Å²) in [6, 6.07) is 5.80. The maximum Gasteiger partial charge on any atom is 0.225 e. The largest absolute Gasteiger partial charge is 0.326 e. The maximum absolute atomic E-state index is 11.5. The number of nitrogens with one attached hydrogen (secondary N) is 2. The highest BCUT2D eigenvalue weighted by atomic mass is 79.9. The molecule has 0 aliphatic heterocycles. The van der Waals surface area contributed by atoms with Crippen molar-refractivity contribution in [2.24, 2.45) is 0 Å². The Kier molecular flexibility index (Phi) is 5.49. The summed E-state index contributed by atoms with van der Waals surface area (Å²) in [5.74, 6) is 0.0386. The standard InChI is InChI=1S/C12H17BrN2O/c1-3-14-7-6-12(16)15-10-5-4-9(2)11(13)8-10/h4-5,8,14H,3,6-7H2,1-2H3,(H,15,16). The number of aryl methyl sites for hydroxylation is 1. The molecule has 1 aromatic carbocycles. The van der Waals surface area contributed by atoms with E-state index in [1.165, 1.54) is 0 Å². The van der Waals surface area contributed by atoms with Gasteiger partial charge in [0.1, 0.15) is 0 Å². The van der Waals surface area contributed by atoms with E-state index >= 15 is 0 Å². The lowest BCUT2D eigenvalue weighted by Gasteiger charge is -2.07. The number of hydrogen-bond acceptors (Lipinski definition) is 2. The number of benzene rings is 1. The number of amides is 1. The first-order valence-electron chi connectivity index (χ1n) is 5.40. The van der Waals surface area contributed by atoms with Gasteiger partial charge in [0.2, 0.25) is 5.91 Å². The minimum atomic E-state index is 0.0386. The van der Waals surface area contributed by atoms with Crippen molar-refractivity contribution in [3.8, 4) is 0 Å². The Morgan fingerprint density at radius 1 is 1.44 bits per heavy atom. The Morgan fingerprint density at radius 2 is 2.19 bits per heavy atom. The van der Waals surface area contributed by atoms with E-state index in [1.807, 2.05) is 32.0 Å². The Morgan fingerprint density at radius 3 is 2.81 bits per heavy atom. The topological polar surface area (TPSA) is 41.1 Å². The van der Waals surface area contributed by atoms with E-state index in [4.69, 9.17) is 0 Å². The zero-order valence-corrected chi connectivity index (χ0v) is 11.2. The van der Waals surface area contributed by atoms with Crippen molar-refractivity contribution in [1.82, 2.24) is 5.32 Å². The summed E-state index contributed by atoms with van der Waals surface area (Å²) in [4.78, 5) is 11.5. The summed E-state index contributed by atoms with van der Waals surface area (Å²) in [6.07, 6.45) is 0.499. The van der Waals surface area contributed by atoms with Gasteiger partial charge in [0.25, 0.3) is 0 Å². The molecule has 1 rings (SSSR count). The highest BCUT2D eigenvalue weighted by molar-refractivity contribution is 9.10. The molecule has 1 aromatic rings. The Balaban J connectivity index is 2.46. The fourth-order valence-corrected chi connectivity index (χ4v) is 1.65. The molecule has 0 heterocycles. The Hall–Kier alpha value is -0.870. The third-order valence-electron chi connectivity index (χ3n) is 2.23. The molecule has 88 valence electrons. The molecule has 2 N–H and O–H groups in total. The molecule has 0 saturated heterocycles. The van der Waals surface area contributed by atoms with E-state index in [1.54, 1.807) is 0 Å². The molecule has 16 heavy (non-hydrogen) atoms. The van der Waals surface area contributed by atoms with Crippen LogP contribution in [0.15, 0.2) is 22.7 Å². The summed E-state index contributed by atoms with van der Waals surface area (Å²) in [7, 11) is 0. The number of carbonyl (C=O) groups excluding carboxylic acids is 1. The second kappa shape index (κ2) is 6.66. The van der Waals surface area contributed by atoms with E-state index in [2.05, 4.69) is 26.6 Å². The fraction of sp³-hybridized carbons (Fsp3) is 0.417. The quantitative estimate of drug-likeness (QED) is 0.817. The van der Waals surface area contributed by atoms with Crippen molar-refractivity contribution < 1.29 is 4.79 Å². The van der Waals surface area contributed by atoms with Crippen molar-refractivity contribution in [1.29, 1.82) is 0 Å². The van der Waals surface area contributed by atoms with Crippen molar-refractivity contribution in [2.75, 3.05) is 18.4 Å². The fourth-order valence-electron chi connectivity index (χ4n) is 1.27. The lowest BCUT2D eigenvalue weighted by Crippen LogP contribution is -2.21. The van der Waals surface area contributed by atoms with Gasteiger partial charge in [0.05, 0.1) is 0 Å². The van der Waals surface area contributed by atoms with Crippen LogP contribution in [0.1, 0.15) is 18.9 Å². The van der Waals surface area contributed by atoms with Gasteiger partial charge in [-0.1, -0.05) is 28.9 Å². The van der Waals surface area contributed by atoms with Crippen LogP contribution in [0.3, 0.4) is 0 Å². The van der Waals surface area contributed by atoms with Crippen LogP contribution in [0.4, 0.5) is 5.69 Å². The minimum Gasteiger partial charge on any atom is -0.326 e. The molecule has 1 amide bonds. The second-order valence-corrected chi connectivity index (χ2v) is 4.47. The van der Waals surface area contributed by atoms with Gasteiger partial charge in [0.15, 0.2) is 0 Å². The monoisotopic (exact) mass is 284 g/mol. The van der Waals surface area contributed by atoms with Gasteiger partial charge in [-0.3, -0.25) is 4.79 Å². The zero-order valence-electron chi connectivity index (χ0n) is 9.64. The van der Waals surface area contributed by atoms with E-state index in [9.17, 15) is 4.79 Å². The molecule has 0 fully saturated rings. The normalized spacial score (nSPS) is 10.2. The number of rotatable bonds is 5. The molecular formula is C12H17BrN2O. The van der Waals surface area contributed by atoms with Crippen LogP contribution < -0.4 is 10.6 Å². The van der Waals surface area contributed by atoms with Crippen LogP contribution in [0.2, 0.25) is 0 Å². The average molecular weight is 285 g/mol. The average Bonchev–Trinajstić information content (AvgIpc) is 2.24. The zero-order chi connectivity index (χ0) is 12.0. The van der Waals surface area contributed by atoms with Crippen LogP contribution in [0.5, 0.6) is 0 Å². The third-order valence-corrected chi connectivity index (χ3v) is 3.09. The molecule has 0 aliphatic rings. The lowest BCUT2D eigenvalue weighted by molar-refractivity contribution is -0.116. The van der Waals surface area contributed by atoms with E-state index in [0.717, 1.165) is 28.8 Å². The minimum absolute atomic E-state index is 0.0386. The second-order valence-electron chi connectivity index (χ2n) is 3.62. The molecule has 0 atom stereocenters. The first-order valence-corrected chi connectivity index (χ1v) is 6.19. The van der Waals surface area contributed by atoms with Crippen molar-refractivity contribution in [2.45, 2.75) is 20.3 Å². The third kappa shape index (κ3) is 4.33. The van der Waals surface area contributed by atoms with Crippen LogP contribution in [0.25, 0.3) is 0 Å². The highest BCUT2D eigenvalue weighted by Gasteiger charge is 2.02. The van der Waals surface area contributed by atoms with Crippen LogP contribution in [-0.4, -0.2) is 19.0 Å². The summed E-state index contributed by atoms with van der Waals surface area (Å²) < 4.78 is 1.01. The van der Waals surface area contributed by atoms with Gasteiger partial charge in [-0.15, -0.1) is 0 Å². The van der Waals surface area contributed by atoms with Crippen LogP contribution in [-0.2, 0) is 4.79 Å². The number of carbonyl (C=O) groups is 1. The predicted molar refractivity (Wildman–Crippen MR) is 70.7 cm³/mol. The maximum atomic E-state index is 11.5. The first-order chi connectivity index (χ1) is 7.63. The summed E-state index contributed by atoms with van der Waals surface area (Å²) in [5.41, 5.74) is 1.99. The van der Waals surface area contributed by atoms with E-state index < -0.39 is 0 Å². The smallest absolute Gasteiger partial charge is 0.225 e. The van der Waals surface area contributed by atoms with E-state index in [0.29, 0.717) is 6.42 Å². The van der Waals surface area contributed by atoms with Gasteiger partial charge in [-0.05, 0) is 31.2 Å². The molecule has 0 spiro atoms. The molecule has 3 nitrogen and oxygen atoms in total. The molecular weight excluding hydrogens is 268 g/mol. The van der Waals surface area contributed by atoms with Crippen molar-refractivity contribution in [3.63, 3.8) is 0 Å². The molecule has 0 aromatic heterocycles. The van der Waals surface area contributed by atoms with Crippen LogP contribution in [0, 0.1) is 6.92 Å². The number of hydrogen-bond donors (Lipinski definition) is 2. The lowest BCUT2D eigenvalue weighted by atomic mass is 10.2. The SMILES string of the molecule is CCNCCC(=O)Nc1ccc(C)c(Br)c1. The molecule has 0 unspecified atom stereocenters.